The zero-order valence-electron chi connectivity index (χ0n) is 12.5. The highest BCUT2D eigenvalue weighted by molar-refractivity contribution is 5.92. The van der Waals surface area contributed by atoms with Crippen LogP contribution in [0.2, 0.25) is 0 Å². The van der Waals surface area contributed by atoms with E-state index in [4.69, 9.17) is 4.74 Å². The molecule has 3 heterocycles. The van der Waals surface area contributed by atoms with E-state index in [1.807, 2.05) is 0 Å². The molecule has 0 atom stereocenters. The third-order valence-corrected chi connectivity index (χ3v) is 3.53. The van der Waals surface area contributed by atoms with Gasteiger partial charge in [-0.1, -0.05) is 0 Å². The maximum atomic E-state index is 13.0. The van der Waals surface area contributed by atoms with Crippen molar-refractivity contribution in [3.8, 4) is 5.95 Å². The molecule has 0 spiro atoms. The van der Waals surface area contributed by atoms with Crippen molar-refractivity contribution >= 4 is 5.91 Å². The zero-order chi connectivity index (χ0) is 17.2. The highest BCUT2D eigenvalue weighted by Crippen LogP contribution is 2.28. The van der Waals surface area contributed by atoms with Crippen LogP contribution < -0.4 is 5.32 Å². The summed E-state index contributed by atoms with van der Waals surface area (Å²) in [4.78, 5) is 23.4. The SMILES string of the molecule is O=C(NC1CCOCC1)c1cc(C(F)(F)F)nc(-n2ccnc2)n1. The van der Waals surface area contributed by atoms with Gasteiger partial charge in [-0.3, -0.25) is 9.36 Å². The monoisotopic (exact) mass is 341 g/mol. The van der Waals surface area contributed by atoms with Gasteiger partial charge < -0.3 is 10.1 Å². The van der Waals surface area contributed by atoms with Gasteiger partial charge in [0.25, 0.3) is 5.91 Å². The molecular formula is C14H14F3N5O2. The topological polar surface area (TPSA) is 81.9 Å². The molecule has 0 saturated carbocycles. The second-order valence-electron chi connectivity index (χ2n) is 5.27. The summed E-state index contributed by atoms with van der Waals surface area (Å²) in [5, 5.41) is 2.68. The molecule has 1 saturated heterocycles. The van der Waals surface area contributed by atoms with Crippen LogP contribution >= 0.6 is 0 Å². The van der Waals surface area contributed by atoms with E-state index in [9.17, 15) is 18.0 Å². The zero-order valence-corrected chi connectivity index (χ0v) is 12.5. The van der Waals surface area contributed by atoms with Crippen molar-refractivity contribution in [2.24, 2.45) is 0 Å². The number of ether oxygens (including phenoxy) is 1. The van der Waals surface area contributed by atoms with Gasteiger partial charge in [0.15, 0.2) is 5.69 Å². The van der Waals surface area contributed by atoms with E-state index in [2.05, 4.69) is 20.3 Å². The number of rotatable bonds is 3. The second kappa shape index (κ2) is 6.56. The van der Waals surface area contributed by atoms with Crippen LogP contribution in [0.1, 0.15) is 29.0 Å². The molecule has 1 N–H and O–H groups in total. The fourth-order valence-corrected chi connectivity index (χ4v) is 2.29. The van der Waals surface area contributed by atoms with Crippen LogP contribution in [0.25, 0.3) is 5.95 Å². The van der Waals surface area contributed by atoms with Gasteiger partial charge in [-0.15, -0.1) is 0 Å². The van der Waals surface area contributed by atoms with Crippen LogP contribution in [0.15, 0.2) is 24.8 Å². The van der Waals surface area contributed by atoms with Crippen LogP contribution in [0.5, 0.6) is 0 Å². The van der Waals surface area contributed by atoms with Gasteiger partial charge in [0.1, 0.15) is 12.0 Å². The summed E-state index contributed by atoms with van der Waals surface area (Å²) in [7, 11) is 0. The van der Waals surface area contributed by atoms with Crippen LogP contribution in [-0.4, -0.2) is 44.7 Å². The largest absolute Gasteiger partial charge is 0.433 e. The van der Waals surface area contributed by atoms with Crippen molar-refractivity contribution in [3.63, 3.8) is 0 Å². The van der Waals surface area contributed by atoms with Gasteiger partial charge >= 0.3 is 6.18 Å². The molecule has 1 amide bonds. The molecule has 3 rings (SSSR count). The lowest BCUT2D eigenvalue weighted by molar-refractivity contribution is -0.141. The first-order chi connectivity index (χ1) is 11.4. The Morgan fingerprint density at radius 2 is 2.04 bits per heavy atom. The summed E-state index contributed by atoms with van der Waals surface area (Å²) in [6.45, 7) is 1.01. The average molecular weight is 341 g/mol. The molecule has 0 aromatic carbocycles. The molecule has 24 heavy (non-hydrogen) atoms. The number of carbonyl (C=O) groups is 1. The van der Waals surface area contributed by atoms with E-state index >= 15 is 0 Å². The lowest BCUT2D eigenvalue weighted by Crippen LogP contribution is -2.39. The van der Waals surface area contributed by atoms with Gasteiger partial charge in [0.05, 0.1) is 0 Å². The molecule has 10 heteroatoms. The van der Waals surface area contributed by atoms with E-state index < -0.39 is 17.8 Å². The Kier molecular flexibility index (Phi) is 4.47. The van der Waals surface area contributed by atoms with E-state index in [1.165, 1.54) is 23.3 Å². The first-order valence-electron chi connectivity index (χ1n) is 7.27. The molecule has 0 unspecified atom stereocenters. The minimum atomic E-state index is -4.69. The van der Waals surface area contributed by atoms with E-state index in [-0.39, 0.29) is 17.7 Å². The standard InChI is InChI=1S/C14H14F3N5O2/c15-14(16,17)11-7-10(12(23)19-9-1-5-24-6-2-9)20-13(21-11)22-4-3-18-8-22/h3-4,7-9H,1-2,5-6H2,(H,19,23). The summed E-state index contributed by atoms with van der Waals surface area (Å²) in [6.07, 6.45) is 0.567. The number of amides is 1. The highest BCUT2D eigenvalue weighted by atomic mass is 19.4. The number of halogens is 3. The number of imidazole rings is 1. The number of hydrogen-bond acceptors (Lipinski definition) is 5. The van der Waals surface area contributed by atoms with Gasteiger partial charge in [-0.05, 0) is 12.8 Å². The van der Waals surface area contributed by atoms with Crippen LogP contribution in [-0.2, 0) is 10.9 Å². The first-order valence-corrected chi connectivity index (χ1v) is 7.27. The Morgan fingerprint density at radius 3 is 2.67 bits per heavy atom. The van der Waals surface area contributed by atoms with Crippen LogP contribution in [0, 0.1) is 0 Å². The normalized spacial score (nSPS) is 16.1. The van der Waals surface area contributed by atoms with Crippen molar-refractivity contribution in [3.05, 3.63) is 36.2 Å². The quantitative estimate of drug-likeness (QED) is 0.917. The van der Waals surface area contributed by atoms with Gasteiger partial charge in [0.2, 0.25) is 5.95 Å². The lowest BCUT2D eigenvalue weighted by Gasteiger charge is -2.23. The molecule has 2 aromatic heterocycles. The Hall–Kier alpha value is -2.49. The fourth-order valence-electron chi connectivity index (χ4n) is 2.29. The molecule has 1 fully saturated rings. The summed E-state index contributed by atoms with van der Waals surface area (Å²) in [6, 6.07) is 0.502. The van der Waals surface area contributed by atoms with E-state index in [0.29, 0.717) is 32.1 Å². The summed E-state index contributed by atoms with van der Waals surface area (Å²) < 4.78 is 45.5. The highest BCUT2D eigenvalue weighted by Gasteiger charge is 2.34. The molecule has 0 radical (unpaired) electrons. The lowest BCUT2D eigenvalue weighted by atomic mass is 10.1. The van der Waals surface area contributed by atoms with Crippen molar-refractivity contribution in [2.75, 3.05) is 13.2 Å². The van der Waals surface area contributed by atoms with Crippen molar-refractivity contribution in [1.29, 1.82) is 0 Å². The minimum absolute atomic E-state index is 0.146. The molecule has 0 bridgehead atoms. The number of hydrogen-bond donors (Lipinski definition) is 1. The van der Waals surface area contributed by atoms with Gasteiger partial charge in [-0.25, -0.2) is 15.0 Å². The molecular weight excluding hydrogens is 327 g/mol. The molecule has 2 aromatic rings. The number of nitrogens with one attached hydrogen (secondary N) is 1. The third kappa shape index (κ3) is 3.70. The Balaban J connectivity index is 1.91. The van der Waals surface area contributed by atoms with E-state index in [0.717, 1.165) is 0 Å². The molecule has 128 valence electrons. The molecule has 0 aliphatic carbocycles. The predicted octanol–water partition coefficient (Wildman–Crippen LogP) is 1.59. The number of carbonyl (C=O) groups excluding carboxylic acids is 1. The van der Waals surface area contributed by atoms with Crippen molar-refractivity contribution in [2.45, 2.75) is 25.1 Å². The van der Waals surface area contributed by atoms with Crippen molar-refractivity contribution < 1.29 is 22.7 Å². The Morgan fingerprint density at radius 1 is 1.29 bits per heavy atom. The van der Waals surface area contributed by atoms with Gasteiger partial charge in [-0.2, -0.15) is 13.2 Å². The third-order valence-electron chi connectivity index (χ3n) is 3.53. The second-order valence-corrected chi connectivity index (χ2v) is 5.27. The Labute approximate surface area is 134 Å². The smallest absolute Gasteiger partial charge is 0.381 e. The maximum absolute atomic E-state index is 13.0. The maximum Gasteiger partial charge on any atom is 0.433 e. The number of nitrogens with zero attached hydrogens (tertiary/aromatic N) is 4. The van der Waals surface area contributed by atoms with Gasteiger partial charge in [0, 0.05) is 37.7 Å². The Bertz CT molecular complexity index is 712. The molecule has 7 nitrogen and oxygen atoms in total. The van der Waals surface area contributed by atoms with Crippen LogP contribution in [0.3, 0.4) is 0 Å². The predicted molar refractivity (Wildman–Crippen MR) is 75.5 cm³/mol. The van der Waals surface area contributed by atoms with Crippen LogP contribution in [0.4, 0.5) is 13.2 Å². The molecule has 1 aliphatic heterocycles. The molecule has 1 aliphatic rings. The first kappa shape index (κ1) is 16.4. The average Bonchev–Trinajstić information content (AvgIpc) is 3.09. The fraction of sp³-hybridized carbons (Fsp3) is 0.429. The van der Waals surface area contributed by atoms with E-state index in [1.54, 1.807) is 0 Å². The number of aromatic nitrogens is 4. The summed E-state index contributed by atoms with van der Waals surface area (Å²) >= 11 is 0. The van der Waals surface area contributed by atoms with Crippen molar-refractivity contribution in [1.82, 2.24) is 24.8 Å². The number of alkyl halides is 3. The minimum Gasteiger partial charge on any atom is -0.381 e. The summed E-state index contributed by atoms with van der Waals surface area (Å²) in [5.74, 6) is -0.935. The summed E-state index contributed by atoms with van der Waals surface area (Å²) in [5.41, 5.74) is -1.52.